The first-order valence-corrected chi connectivity index (χ1v) is 6.49. The van der Waals surface area contributed by atoms with Gasteiger partial charge in [0.2, 0.25) is 5.88 Å². The van der Waals surface area contributed by atoms with Gasteiger partial charge in [0.05, 0.1) is 5.88 Å². The van der Waals surface area contributed by atoms with E-state index in [-0.39, 0.29) is 0 Å². The van der Waals surface area contributed by atoms with Crippen molar-refractivity contribution in [3.05, 3.63) is 22.3 Å². The molecule has 1 aliphatic carbocycles. The molecule has 0 unspecified atom stereocenters. The number of hydrogen-bond donors (Lipinski definition) is 0. The molecule has 0 saturated heterocycles. The van der Waals surface area contributed by atoms with Gasteiger partial charge in [0.15, 0.2) is 0 Å². The number of alkyl halides is 1. The van der Waals surface area contributed by atoms with Gasteiger partial charge in [0.25, 0.3) is 0 Å². The third kappa shape index (κ3) is 2.85. The fourth-order valence-corrected chi connectivity index (χ4v) is 2.40. The van der Waals surface area contributed by atoms with E-state index in [1.165, 1.54) is 12.8 Å². The summed E-state index contributed by atoms with van der Waals surface area (Å²) in [5, 5.41) is 0. The quantitative estimate of drug-likeness (QED) is 0.788. The molecule has 15 heavy (non-hydrogen) atoms. The highest BCUT2D eigenvalue weighted by atomic mass is 79.9. The maximum Gasteiger partial charge on any atom is 0.218 e. The molecular formula is C11H13BrClNO. The number of pyridine rings is 1. The Bertz CT molecular complexity index is 339. The Labute approximate surface area is 103 Å². The summed E-state index contributed by atoms with van der Waals surface area (Å²) in [6.07, 6.45) is 6.88. The van der Waals surface area contributed by atoms with E-state index in [1.54, 1.807) is 6.20 Å². The van der Waals surface area contributed by atoms with Crippen molar-refractivity contribution in [2.24, 2.45) is 0 Å². The Kier molecular flexibility index (Phi) is 3.87. The Morgan fingerprint density at radius 3 is 2.87 bits per heavy atom. The van der Waals surface area contributed by atoms with Gasteiger partial charge in [-0.1, -0.05) is 0 Å². The van der Waals surface area contributed by atoms with Crippen LogP contribution >= 0.6 is 27.5 Å². The fraction of sp³-hybridized carbons (Fsp3) is 0.545. The number of rotatable bonds is 3. The van der Waals surface area contributed by atoms with Crippen LogP contribution in [-0.4, -0.2) is 11.1 Å². The van der Waals surface area contributed by atoms with Crippen molar-refractivity contribution in [3.8, 4) is 5.88 Å². The van der Waals surface area contributed by atoms with Crippen molar-refractivity contribution in [2.45, 2.75) is 37.7 Å². The highest BCUT2D eigenvalue weighted by Crippen LogP contribution is 2.27. The average molecular weight is 291 g/mol. The second-order valence-corrected chi connectivity index (χ2v) is 4.96. The van der Waals surface area contributed by atoms with Gasteiger partial charge in [0.1, 0.15) is 6.10 Å². The molecule has 1 saturated carbocycles. The van der Waals surface area contributed by atoms with Crippen molar-refractivity contribution in [1.82, 2.24) is 4.98 Å². The first-order valence-electron chi connectivity index (χ1n) is 5.16. The van der Waals surface area contributed by atoms with Gasteiger partial charge in [-0.3, -0.25) is 0 Å². The zero-order valence-corrected chi connectivity index (χ0v) is 10.7. The normalized spacial score (nSPS) is 16.9. The summed E-state index contributed by atoms with van der Waals surface area (Å²) in [5.74, 6) is 1.13. The predicted octanol–water partition coefficient (Wildman–Crippen LogP) is 3.90. The molecule has 1 heterocycles. The van der Waals surface area contributed by atoms with E-state index < -0.39 is 0 Å². The van der Waals surface area contributed by atoms with Gasteiger partial charge in [-0.15, -0.1) is 11.6 Å². The maximum atomic E-state index is 5.85. The number of aromatic nitrogens is 1. The standard InChI is InChI=1S/C11H13BrClNO/c12-9-5-8(6-13)11(14-7-9)15-10-3-1-2-4-10/h5,7,10H,1-4,6H2. The van der Waals surface area contributed by atoms with Crippen LogP contribution in [0, 0.1) is 0 Å². The molecule has 1 aromatic rings. The van der Waals surface area contributed by atoms with E-state index in [9.17, 15) is 0 Å². The van der Waals surface area contributed by atoms with E-state index in [0.29, 0.717) is 17.9 Å². The smallest absolute Gasteiger partial charge is 0.218 e. The van der Waals surface area contributed by atoms with Crippen molar-refractivity contribution in [1.29, 1.82) is 0 Å². The van der Waals surface area contributed by atoms with E-state index in [4.69, 9.17) is 16.3 Å². The van der Waals surface area contributed by atoms with Crippen molar-refractivity contribution < 1.29 is 4.74 Å². The van der Waals surface area contributed by atoms with Crippen molar-refractivity contribution in [3.63, 3.8) is 0 Å². The maximum absolute atomic E-state index is 5.85. The average Bonchev–Trinajstić information content (AvgIpc) is 2.73. The van der Waals surface area contributed by atoms with Gasteiger partial charge in [-0.2, -0.15) is 0 Å². The molecule has 1 fully saturated rings. The molecule has 2 nitrogen and oxygen atoms in total. The number of nitrogens with zero attached hydrogens (tertiary/aromatic N) is 1. The van der Waals surface area contributed by atoms with E-state index in [0.717, 1.165) is 22.9 Å². The summed E-state index contributed by atoms with van der Waals surface area (Å²) in [6.45, 7) is 0. The van der Waals surface area contributed by atoms with Gasteiger partial charge >= 0.3 is 0 Å². The largest absolute Gasteiger partial charge is 0.474 e. The molecule has 2 rings (SSSR count). The second-order valence-electron chi connectivity index (χ2n) is 3.78. The topological polar surface area (TPSA) is 22.1 Å². The Hall–Kier alpha value is -0.280. The lowest BCUT2D eigenvalue weighted by atomic mass is 10.3. The van der Waals surface area contributed by atoms with Crippen LogP contribution in [0.25, 0.3) is 0 Å². The Balaban J connectivity index is 2.12. The van der Waals surface area contributed by atoms with Crippen LogP contribution in [0.5, 0.6) is 5.88 Å². The SMILES string of the molecule is ClCc1cc(Br)cnc1OC1CCCC1. The summed E-state index contributed by atoms with van der Waals surface area (Å²) < 4.78 is 6.78. The lowest BCUT2D eigenvalue weighted by molar-refractivity contribution is 0.199. The molecule has 0 radical (unpaired) electrons. The summed E-state index contributed by atoms with van der Waals surface area (Å²) in [4.78, 5) is 4.26. The third-order valence-corrected chi connectivity index (χ3v) is 3.34. The molecule has 0 aliphatic heterocycles. The number of hydrogen-bond acceptors (Lipinski definition) is 2. The summed E-state index contributed by atoms with van der Waals surface area (Å²) in [7, 11) is 0. The van der Waals surface area contributed by atoms with Crippen LogP contribution in [0.2, 0.25) is 0 Å². The zero-order chi connectivity index (χ0) is 10.7. The van der Waals surface area contributed by atoms with Crippen LogP contribution in [0.15, 0.2) is 16.7 Å². The number of ether oxygens (including phenoxy) is 1. The van der Waals surface area contributed by atoms with Gasteiger partial charge in [0, 0.05) is 16.2 Å². The van der Waals surface area contributed by atoms with Crippen LogP contribution in [0.4, 0.5) is 0 Å². The lowest BCUT2D eigenvalue weighted by Gasteiger charge is -2.14. The van der Waals surface area contributed by atoms with E-state index >= 15 is 0 Å². The van der Waals surface area contributed by atoms with Gasteiger partial charge < -0.3 is 4.74 Å². The Morgan fingerprint density at radius 2 is 2.20 bits per heavy atom. The van der Waals surface area contributed by atoms with E-state index in [2.05, 4.69) is 20.9 Å². The minimum Gasteiger partial charge on any atom is -0.474 e. The molecule has 0 atom stereocenters. The fourth-order valence-electron chi connectivity index (χ4n) is 1.83. The zero-order valence-electron chi connectivity index (χ0n) is 8.38. The molecule has 0 amide bonds. The minimum absolute atomic E-state index is 0.334. The summed E-state index contributed by atoms with van der Waals surface area (Å²) >= 11 is 9.22. The monoisotopic (exact) mass is 289 g/mol. The molecule has 0 N–H and O–H groups in total. The molecule has 0 aromatic carbocycles. The first kappa shape index (κ1) is 11.2. The lowest BCUT2D eigenvalue weighted by Crippen LogP contribution is -2.13. The molecule has 1 aliphatic rings. The Morgan fingerprint density at radius 1 is 1.47 bits per heavy atom. The molecule has 0 spiro atoms. The molecule has 4 heteroatoms. The third-order valence-electron chi connectivity index (χ3n) is 2.62. The molecular weight excluding hydrogens is 277 g/mol. The van der Waals surface area contributed by atoms with Gasteiger partial charge in [-0.25, -0.2) is 4.98 Å². The van der Waals surface area contributed by atoms with Crippen molar-refractivity contribution in [2.75, 3.05) is 0 Å². The molecule has 82 valence electrons. The molecule has 1 aromatic heterocycles. The van der Waals surface area contributed by atoms with E-state index in [1.807, 2.05) is 6.07 Å². The highest BCUT2D eigenvalue weighted by molar-refractivity contribution is 9.10. The summed E-state index contributed by atoms with van der Waals surface area (Å²) in [6, 6.07) is 1.96. The second kappa shape index (κ2) is 5.17. The van der Waals surface area contributed by atoms with Crippen LogP contribution in [0.3, 0.4) is 0 Å². The minimum atomic E-state index is 0.334. The van der Waals surface area contributed by atoms with Crippen LogP contribution in [-0.2, 0) is 5.88 Å². The van der Waals surface area contributed by atoms with Crippen molar-refractivity contribution >= 4 is 27.5 Å². The molecule has 0 bridgehead atoms. The number of halogens is 2. The highest BCUT2D eigenvalue weighted by Gasteiger charge is 2.18. The first-order chi connectivity index (χ1) is 7.29. The van der Waals surface area contributed by atoms with Crippen LogP contribution < -0.4 is 4.74 Å². The van der Waals surface area contributed by atoms with Crippen LogP contribution in [0.1, 0.15) is 31.2 Å². The summed E-state index contributed by atoms with van der Waals surface area (Å²) in [5.41, 5.74) is 0.956. The predicted molar refractivity (Wildman–Crippen MR) is 64.4 cm³/mol. The van der Waals surface area contributed by atoms with Gasteiger partial charge in [-0.05, 0) is 47.7 Å².